The number of aryl methyl sites for hydroxylation is 1. The van der Waals surface area contributed by atoms with Crippen molar-refractivity contribution >= 4 is 5.97 Å². The van der Waals surface area contributed by atoms with E-state index in [4.69, 9.17) is 4.74 Å². The van der Waals surface area contributed by atoms with Crippen LogP contribution in [0.15, 0.2) is 12.4 Å². The van der Waals surface area contributed by atoms with Crippen LogP contribution in [0.3, 0.4) is 0 Å². The third-order valence-corrected chi connectivity index (χ3v) is 2.79. The van der Waals surface area contributed by atoms with Crippen LogP contribution in [0.25, 0.3) is 0 Å². The van der Waals surface area contributed by atoms with Gasteiger partial charge in [-0.1, -0.05) is 6.92 Å². The van der Waals surface area contributed by atoms with E-state index in [-0.39, 0.29) is 12.0 Å². The van der Waals surface area contributed by atoms with Crippen LogP contribution in [-0.2, 0) is 23.1 Å². The van der Waals surface area contributed by atoms with E-state index in [1.807, 2.05) is 43.6 Å². The van der Waals surface area contributed by atoms with Crippen molar-refractivity contribution in [3.63, 3.8) is 0 Å². The first-order chi connectivity index (χ1) is 8.10. The molecule has 0 spiro atoms. The lowest BCUT2D eigenvalue weighted by molar-refractivity contribution is -0.149. The summed E-state index contributed by atoms with van der Waals surface area (Å²) >= 11 is 0. The Bertz CT molecular complexity index is 362. The Hall–Kier alpha value is -1.36. The van der Waals surface area contributed by atoms with Gasteiger partial charge in [-0.3, -0.25) is 9.69 Å². The molecule has 0 aliphatic carbocycles. The van der Waals surface area contributed by atoms with E-state index in [1.54, 1.807) is 6.20 Å². The zero-order valence-corrected chi connectivity index (χ0v) is 11.0. The quantitative estimate of drug-likeness (QED) is 0.700. The zero-order chi connectivity index (χ0) is 12.8. The highest BCUT2D eigenvalue weighted by molar-refractivity contribution is 5.75. The Kier molecular flexibility index (Phi) is 5.15. The molecule has 0 N–H and O–H groups in total. The van der Waals surface area contributed by atoms with E-state index >= 15 is 0 Å². The molecule has 0 saturated heterocycles. The van der Waals surface area contributed by atoms with Gasteiger partial charge >= 0.3 is 5.97 Å². The van der Waals surface area contributed by atoms with Crippen LogP contribution in [0.4, 0.5) is 0 Å². The molecule has 17 heavy (non-hydrogen) atoms. The minimum atomic E-state index is -0.202. The molecule has 1 heterocycles. The Morgan fingerprint density at radius 1 is 1.59 bits per heavy atom. The van der Waals surface area contributed by atoms with Gasteiger partial charge in [0.15, 0.2) is 0 Å². The van der Waals surface area contributed by atoms with Gasteiger partial charge in [-0.25, -0.2) is 4.98 Å². The highest BCUT2D eigenvalue weighted by Gasteiger charge is 2.23. The fourth-order valence-corrected chi connectivity index (χ4v) is 1.78. The molecule has 0 aliphatic rings. The molecule has 1 aromatic heterocycles. The molecule has 0 fully saturated rings. The van der Waals surface area contributed by atoms with Crippen molar-refractivity contribution in [2.24, 2.45) is 7.05 Å². The molecular weight excluding hydrogens is 218 g/mol. The summed E-state index contributed by atoms with van der Waals surface area (Å²) < 4.78 is 7.01. The lowest BCUT2D eigenvalue weighted by Crippen LogP contribution is -2.39. The summed E-state index contributed by atoms with van der Waals surface area (Å²) in [6.45, 7) is 4.87. The van der Waals surface area contributed by atoms with Crippen LogP contribution in [0.5, 0.6) is 0 Å². The van der Waals surface area contributed by atoms with E-state index < -0.39 is 0 Å². The number of esters is 1. The van der Waals surface area contributed by atoms with Crippen molar-refractivity contribution in [1.82, 2.24) is 14.5 Å². The van der Waals surface area contributed by atoms with Crippen LogP contribution in [-0.4, -0.2) is 40.1 Å². The molecule has 0 saturated carbocycles. The van der Waals surface area contributed by atoms with Crippen LogP contribution in [0.2, 0.25) is 0 Å². The van der Waals surface area contributed by atoms with Gasteiger partial charge in [0, 0.05) is 19.4 Å². The topological polar surface area (TPSA) is 47.4 Å². The number of carbonyl (C=O) groups excluding carboxylic acids is 1. The molecular formula is C12H21N3O2. The Labute approximate surface area is 102 Å². The lowest BCUT2D eigenvalue weighted by atomic mass is 10.2. The summed E-state index contributed by atoms with van der Waals surface area (Å²) in [5.41, 5.74) is 0. The number of nitrogens with zero attached hydrogens (tertiary/aromatic N) is 3. The standard InChI is InChI=1S/C12H21N3O2/c1-5-10(12(16)17-6-2)15(4)9-11-13-7-8-14(11)3/h7-8,10H,5-6,9H2,1-4H3. The highest BCUT2D eigenvalue weighted by Crippen LogP contribution is 2.08. The molecule has 1 aromatic rings. The number of imidazole rings is 1. The van der Waals surface area contributed by atoms with Crippen molar-refractivity contribution in [2.45, 2.75) is 32.9 Å². The van der Waals surface area contributed by atoms with Gasteiger partial charge < -0.3 is 9.30 Å². The monoisotopic (exact) mass is 239 g/mol. The molecule has 96 valence electrons. The Morgan fingerprint density at radius 3 is 2.76 bits per heavy atom. The molecule has 0 bridgehead atoms. The normalized spacial score (nSPS) is 12.8. The summed E-state index contributed by atoms with van der Waals surface area (Å²) in [5, 5.41) is 0. The summed E-state index contributed by atoms with van der Waals surface area (Å²) in [5.74, 6) is 0.780. The van der Waals surface area contributed by atoms with Crippen molar-refractivity contribution in [2.75, 3.05) is 13.7 Å². The molecule has 0 aromatic carbocycles. The number of rotatable bonds is 6. The minimum absolute atomic E-state index is 0.160. The van der Waals surface area contributed by atoms with Crippen LogP contribution in [0, 0.1) is 0 Å². The van der Waals surface area contributed by atoms with Crippen LogP contribution in [0.1, 0.15) is 26.1 Å². The second-order valence-electron chi connectivity index (χ2n) is 4.05. The maximum atomic E-state index is 11.7. The van der Waals surface area contributed by atoms with E-state index in [0.717, 1.165) is 12.2 Å². The van der Waals surface area contributed by atoms with Crippen molar-refractivity contribution < 1.29 is 9.53 Å². The fraction of sp³-hybridized carbons (Fsp3) is 0.667. The fourth-order valence-electron chi connectivity index (χ4n) is 1.78. The second kappa shape index (κ2) is 6.39. The van der Waals surface area contributed by atoms with Crippen molar-refractivity contribution in [3.8, 4) is 0 Å². The minimum Gasteiger partial charge on any atom is -0.465 e. The maximum absolute atomic E-state index is 11.7. The molecule has 0 radical (unpaired) electrons. The predicted molar refractivity (Wildman–Crippen MR) is 65.4 cm³/mol. The van der Waals surface area contributed by atoms with Gasteiger partial charge in [0.1, 0.15) is 11.9 Å². The van der Waals surface area contributed by atoms with Crippen molar-refractivity contribution in [3.05, 3.63) is 18.2 Å². The number of ether oxygens (including phenoxy) is 1. The predicted octanol–water partition coefficient (Wildman–Crippen LogP) is 1.19. The Morgan fingerprint density at radius 2 is 2.29 bits per heavy atom. The number of hydrogen-bond donors (Lipinski definition) is 0. The van der Waals surface area contributed by atoms with Gasteiger partial charge in [-0.2, -0.15) is 0 Å². The first kappa shape index (κ1) is 13.7. The van der Waals surface area contributed by atoms with Gasteiger partial charge in [-0.05, 0) is 20.4 Å². The van der Waals surface area contributed by atoms with Gasteiger partial charge in [0.2, 0.25) is 0 Å². The van der Waals surface area contributed by atoms with Crippen LogP contribution >= 0.6 is 0 Å². The van der Waals surface area contributed by atoms with Crippen molar-refractivity contribution in [1.29, 1.82) is 0 Å². The molecule has 5 nitrogen and oxygen atoms in total. The van der Waals surface area contributed by atoms with Crippen LogP contribution < -0.4 is 0 Å². The third kappa shape index (κ3) is 3.56. The molecule has 0 amide bonds. The summed E-state index contributed by atoms with van der Waals surface area (Å²) in [7, 11) is 3.86. The zero-order valence-electron chi connectivity index (χ0n) is 11.0. The molecule has 5 heteroatoms. The van der Waals surface area contributed by atoms with E-state index in [0.29, 0.717) is 13.2 Å². The molecule has 0 aliphatic heterocycles. The van der Waals surface area contributed by atoms with E-state index in [2.05, 4.69) is 4.98 Å². The maximum Gasteiger partial charge on any atom is 0.323 e. The number of carbonyl (C=O) groups is 1. The lowest BCUT2D eigenvalue weighted by Gasteiger charge is -2.24. The van der Waals surface area contributed by atoms with E-state index in [1.165, 1.54) is 0 Å². The summed E-state index contributed by atoms with van der Waals surface area (Å²) in [4.78, 5) is 18.0. The second-order valence-corrected chi connectivity index (χ2v) is 4.05. The average molecular weight is 239 g/mol. The summed E-state index contributed by atoms with van der Waals surface area (Å²) in [6, 6.07) is -0.202. The summed E-state index contributed by atoms with van der Waals surface area (Å²) in [6.07, 6.45) is 4.39. The van der Waals surface area contributed by atoms with Gasteiger partial charge in [0.25, 0.3) is 0 Å². The Balaban J connectivity index is 2.64. The average Bonchev–Trinajstić information content (AvgIpc) is 2.66. The molecule has 1 unspecified atom stereocenters. The highest BCUT2D eigenvalue weighted by atomic mass is 16.5. The first-order valence-electron chi connectivity index (χ1n) is 5.93. The smallest absolute Gasteiger partial charge is 0.323 e. The van der Waals surface area contributed by atoms with Gasteiger partial charge in [-0.15, -0.1) is 0 Å². The number of likely N-dealkylation sites (N-methyl/N-ethyl adjacent to an activating group) is 1. The number of hydrogen-bond acceptors (Lipinski definition) is 4. The van der Waals surface area contributed by atoms with Gasteiger partial charge in [0.05, 0.1) is 13.2 Å². The molecule has 1 atom stereocenters. The third-order valence-electron chi connectivity index (χ3n) is 2.79. The van der Waals surface area contributed by atoms with E-state index in [9.17, 15) is 4.79 Å². The SMILES string of the molecule is CCOC(=O)C(CC)N(C)Cc1nccn1C. The molecule has 1 rings (SSSR count). The largest absolute Gasteiger partial charge is 0.465 e. The first-order valence-corrected chi connectivity index (χ1v) is 5.93. The number of aromatic nitrogens is 2.